The first-order valence-corrected chi connectivity index (χ1v) is 8.97. The SMILES string of the molecule is COC(=O)C1=CO[C@@H](C)[C@@H]2Cn3ccc4c5ccccc5nc-4c3C[C@H]12.Cl. The number of hydrogen-bond donors (Lipinski definition) is 0. The van der Waals surface area contributed by atoms with Crippen molar-refractivity contribution in [3.8, 4) is 11.3 Å². The van der Waals surface area contributed by atoms with Gasteiger partial charge in [-0.1, -0.05) is 18.2 Å². The highest BCUT2D eigenvalue weighted by Crippen LogP contribution is 2.42. The van der Waals surface area contributed by atoms with Crippen LogP contribution in [0.5, 0.6) is 0 Å². The van der Waals surface area contributed by atoms with Gasteiger partial charge in [-0.05, 0) is 25.5 Å². The Morgan fingerprint density at radius 1 is 1.30 bits per heavy atom. The predicted octanol–water partition coefficient (Wildman–Crippen LogP) is 3.83. The molecule has 0 aromatic heterocycles. The number of para-hydroxylation sites is 1. The van der Waals surface area contributed by atoms with Crippen molar-refractivity contribution in [2.45, 2.75) is 26.0 Å². The normalized spacial score (nSPS) is 23.6. The minimum Gasteiger partial charge on any atom is -0.497 e. The molecule has 4 heterocycles. The summed E-state index contributed by atoms with van der Waals surface area (Å²) in [5, 5.41) is 1.18. The molecule has 0 radical (unpaired) electrons. The molecule has 6 heteroatoms. The molecule has 0 spiro atoms. The minimum atomic E-state index is -0.298. The van der Waals surface area contributed by atoms with Gasteiger partial charge in [0.15, 0.2) is 0 Å². The molecular weight excluding hydrogens is 364 g/mol. The summed E-state index contributed by atoms with van der Waals surface area (Å²) in [5.41, 5.74) is 5.05. The van der Waals surface area contributed by atoms with Crippen LogP contribution in [0.4, 0.5) is 0 Å². The zero-order chi connectivity index (χ0) is 17.8. The van der Waals surface area contributed by atoms with E-state index in [9.17, 15) is 4.79 Å². The molecule has 5 rings (SSSR count). The van der Waals surface area contributed by atoms with Crippen LogP contribution in [0.1, 0.15) is 12.6 Å². The van der Waals surface area contributed by atoms with Crippen LogP contribution in [-0.2, 0) is 27.2 Å². The van der Waals surface area contributed by atoms with Gasteiger partial charge in [0.05, 0.1) is 30.2 Å². The van der Waals surface area contributed by atoms with Crippen LogP contribution < -0.4 is 0 Å². The Kier molecular flexibility index (Phi) is 4.35. The molecule has 0 amide bonds. The van der Waals surface area contributed by atoms with Crippen molar-refractivity contribution in [3.63, 3.8) is 0 Å². The summed E-state index contributed by atoms with van der Waals surface area (Å²) < 4.78 is 13.0. The van der Waals surface area contributed by atoms with Crippen LogP contribution in [0.25, 0.3) is 22.2 Å². The number of nitrogens with zero attached hydrogens (tertiary/aromatic N) is 2. The molecule has 0 saturated carbocycles. The molecule has 1 aromatic carbocycles. The Morgan fingerprint density at radius 3 is 2.93 bits per heavy atom. The van der Waals surface area contributed by atoms with E-state index >= 15 is 0 Å². The van der Waals surface area contributed by atoms with Crippen molar-refractivity contribution in [2.24, 2.45) is 11.8 Å². The fourth-order valence-corrected chi connectivity index (χ4v) is 4.49. The van der Waals surface area contributed by atoms with Crippen LogP contribution in [0.2, 0.25) is 0 Å². The monoisotopic (exact) mass is 384 g/mol. The predicted molar refractivity (Wildman–Crippen MR) is 105 cm³/mol. The van der Waals surface area contributed by atoms with Crippen LogP contribution >= 0.6 is 12.4 Å². The molecule has 27 heavy (non-hydrogen) atoms. The van der Waals surface area contributed by atoms with Crippen LogP contribution in [-0.4, -0.2) is 28.7 Å². The van der Waals surface area contributed by atoms with E-state index in [-0.39, 0.29) is 36.3 Å². The largest absolute Gasteiger partial charge is 0.497 e. The van der Waals surface area contributed by atoms with Crippen molar-refractivity contribution in [1.82, 2.24) is 9.55 Å². The van der Waals surface area contributed by atoms with Gasteiger partial charge < -0.3 is 14.0 Å². The van der Waals surface area contributed by atoms with Gasteiger partial charge in [0.2, 0.25) is 0 Å². The van der Waals surface area contributed by atoms with Gasteiger partial charge in [-0.15, -0.1) is 12.4 Å². The highest BCUT2D eigenvalue weighted by molar-refractivity contribution is 5.98. The van der Waals surface area contributed by atoms with Gasteiger partial charge in [-0.25, -0.2) is 9.78 Å². The molecule has 0 N–H and O–H groups in total. The first-order valence-electron chi connectivity index (χ1n) is 8.97. The summed E-state index contributed by atoms with van der Waals surface area (Å²) in [4.78, 5) is 17.1. The van der Waals surface area contributed by atoms with Crippen molar-refractivity contribution < 1.29 is 14.3 Å². The second-order valence-electron chi connectivity index (χ2n) is 7.19. The molecule has 0 bridgehead atoms. The van der Waals surface area contributed by atoms with E-state index in [1.54, 1.807) is 6.26 Å². The molecule has 3 atom stereocenters. The Morgan fingerprint density at radius 2 is 2.11 bits per heavy atom. The van der Waals surface area contributed by atoms with Crippen LogP contribution in [0.3, 0.4) is 0 Å². The highest BCUT2D eigenvalue weighted by atomic mass is 35.5. The number of fused-ring (bicyclic) bond motifs is 6. The van der Waals surface area contributed by atoms with Crippen molar-refractivity contribution in [1.29, 1.82) is 0 Å². The average Bonchev–Trinajstić information content (AvgIpc) is 3.06. The number of pyridine rings is 1. The molecule has 1 aromatic rings. The smallest absolute Gasteiger partial charge is 0.337 e. The molecule has 0 saturated heterocycles. The summed E-state index contributed by atoms with van der Waals surface area (Å²) in [6.07, 6.45) is 4.57. The lowest BCUT2D eigenvalue weighted by Gasteiger charge is -2.41. The van der Waals surface area contributed by atoms with Crippen LogP contribution in [0.15, 0.2) is 48.4 Å². The maximum atomic E-state index is 12.3. The first-order chi connectivity index (χ1) is 12.7. The highest BCUT2D eigenvalue weighted by Gasteiger charge is 2.42. The van der Waals surface area contributed by atoms with Gasteiger partial charge in [0.25, 0.3) is 0 Å². The lowest BCUT2D eigenvalue weighted by Crippen LogP contribution is -2.42. The summed E-state index contributed by atoms with van der Waals surface area (Å²) >= 11 is 0. The number of halogens is 1. The number of benzene rings is 1. The van der Waals surface area contributed by atoms with Crippen molar-refractivity contribution in [2.75, 3.05) is 7.11 Å². The van der Waals surface area contributed by atoms with E-state index in [4.69, 9.17) is 14.5 Å². The molecule has 0 aliphatic carbocycles. The number of methoxy groups -OCH3 is 1. The zero-order valence-electron chi connectivity index (χ0n) is 15.2. The number of hydrogen-bond acceptors (Lipinski definition) is 4. The maximum absolute atomic E-state index is 12.3. The van der Waals surface area contributed by atoms with Gasteiger partial charge in [0, 0.05) is 41.2 Å². The standard InChI is InChI=1S/C21H20N2O3.ClH/c1-12-16-10-23-8-7-14-13-5-3-4-6-18(13)22-20(14)19(23)9-15(16)17(11-26-12)21(24)25-2;/h3-8,11-12,15-16H,9-10H2,1-2H3;1H/t12-,15-,16-;/m0./s1. The third-order valence-corrected chi connectivity index (χ3v) is 5.89. The van der Waals surface area contributed by atoms with E-state index in [0.717, 1.165) is 24.2 Å². The van der Waals surface area contributed by atoms with E-state index < -0.39 is 0 Å². The first kappa shape index (κ1) is 17.9. The lowest BCUT2D eigenvalue weighted by atomic mass is 9.75. The molecule has 4 aliphatic rings. The van der Waals surface area contributed by atoms with E-state index in [0.29, 0.717) is 5.57 Å². The third-order valence-electron chi connectivity index (χ3n) is 5.89. The summed E-state index contributed by atoms with van der Waals surface area (Å²) in [7, 11) is 1.42. The molecule has 0 unspecified atom stereocenters. The molecule has 140 valence electrons. The second-order valence-corrected chi connectivity index (χ2v) is 7.19. The number of esters is 1. The number of carbonyl (C=O) groups excluding carboxylic acids is 1. The fraction of sp³-hybridized carbons (Fsp3) is 0.333. The number of carbonyl (C=O) groups is 1. The topological polar surface area (TPSA) is 53.4 Å². The Hall–Kier alpha value is -2.53. The Labute approximate surface area is 163 Å². The maximum Gasteiger partial charge on any atom is 0.337 e. The molecule has 5 nitrogen and oxygen atoms in total. The molecule has 0 fully saturated rings. The lowest BCUT2D eigenvalue weighted by molar-refractivity contribution is -0.138. The quantitative estimate of drug-likeness (QED) is 0.598. The van der Waals surface area contributed by atoms with E-state index in [1.807, 2.05) is 18.2 Å². The summed E-state index contributed by atoms with van der Waals surface area (Å²) in [5.74, 6) is 0.0400. The third kappa shape index (κ3) is 2.60. The van der Waals surface area contributed by atoms with Crippen molar-refractivity contribution in [3.05, 3.63) is 54.1 Å². The van der Waals surface area contributed by atoms with Gasteiger partial charge in [-0.3, -0.25) is 0 Å². The van der Waals surface area contributed by atoms with E-state index in [2.05, 4.69) is 29.8 Å². The second kappa shape index (κ2) is 6.57. The van der Waals surface area contributed by atoms with Crippen molar-refractivity contribution >= 4 is 29.3 Å². The number of rotatable bonds is 1. The minimum absolute atomic E-state index is 0. The summed E-state index contributed by atoms with van der Waals surface area (Å²) in [6.45, 7) is 2.88. The number of ether oxygens (including phenoxy) is 2. The average molecular weight is 385 g/mol. The molecule has 4 aliphatic heterocycles. The summed E-state index contributed by atoms with van der Waals surface area (Å²) in [6, 6.07) is 10.4. The van der Waals surface area contributed by atoms with Gasteiger partial charge in [0.1, 0.15) is 6.10 Å². The number of aromatic nitrogens is 2. The van der Waals surface area contributed by atoms with Gasteiger partial charge in [-0.2, -0.15) is 0 Å². The van der Waals surface area contributed by atoms with E-state index in [1.165, 1.54) is 23.8 Å². The Bertz CT molecular complexity index is 1030. The van der Waals surface area contributed by atoms with Crippen LogP contribution in [0, 0.1) is 11.8 Å². The Balaban J connectivity index is 0.00000180. The fourth-order valence-electron chi connectivity index (χ4n) is 4.49. The molecular formula is C21H21ClN2O3. The van der Waals surface area contributed by atoms with Gasteiger partial charge >= 0.3 is 5.97 Å². The zero-order valence-corrected chi connectivity index (χ0v) is 16.0.